The molecule has 0 fully saturated rings. The highest BCUT2D eigenvalue weighted by Gasteiger charge is 2.12. The lowest BCUT2D eigenvalue weighted by Crippen LogP contribution is -2.06. The number of hydrogen-bond acceptors (Lipinski definition) is 0. The third-order valence-electron chi connectivity index (χ3n) is 2.64. The van der Waals surface area contributed by atoms with Crippen LogP contribution in [0.15, 0.2) is 72.4 Å². The molecule has 0 N–H and O–H groups in total. The molecule has 0 heteroatoms. The molecule has 98 valence electrons. The van der Waals surface area contributed by atoms with Crippen molar-refractivity contribution in [2.75, 3.05) is 0 Å². The molecule has 0 saturated heterocycles. The Bertz CT molecular complexity index is 404. The molecule has 0 nitrogen and oxygen atoms in total. The smallest absolute Gasteiger partial charge is 0.0135 e. The average molecular weight is 242 g/mol. The largest absolute Gasteiger partial charge is 0.0990 e. The molecular weight excluding hydrogens is 216 g/mol. The number of rotatable bonds is 5. The summed E-state index contributed by atoms with van der Waals surface area (Å²) in [7, 11) is 0. The van der Waals surface area contributed by atoms with Gasteiger partial charge >= 0.3 is 0 Å². The van der Waals surface area contributed by atoms with E-state index in [4.69, 9.17) is 0 Å². The predicted molar refractivity (Wildman–Crippen MR) is 84.6 cm³/mol. The molecule has 0 aromatic heterocycles. The summed E-state index contributed by atoms with van der Waals surface area (Å²) in [4.78, 5) is 0. The van der Waals surface area contributed by atoms with E-state index < -0.39 is 0 Å². The Morgan fingerprint density at radius 3 is 2.06 bits per heavy atom. The van der Waals surface area contributed by atoms with Crippen LogP contribution in [0.5, 0.6) is 0 Å². The fourth-order valence-corrected chi connectivity index (χ4v) is 1.62. The maximum atomic E-state index is 3.79. The zero-order valence-corrected chi connectivity index (χ0v) is 12.5. The monoisotopic (exact) mass is 242 g/mol. The van der Waals surface area contributed by atoms with Gasteiger partial charge in [0, 0.05) is 0 Å². The third-order valence-corrected chi connectivity index (χ3v) is 2.64. The molecule has 0 heterocycles. The Morgan fingerprint density at radius 2 is 1.67 bits per heavy atom. The number of allylic oxidation sites excluding steroid dienone is 10. The van der Waals surface area contributed by atoms with Crippen molar-refractivity contribution < 1.29 is 0 Å². The quantitative estimate of drug-likeness (QED) is 0.536. The minimum Gasteiger partial charge on any atom is -0.0990 e. The summed E-state index contributed by atoms with van der Waals surface area (Å²) < 4.78 is 0. The summed E-state index contributed by atoms with van der Waals surface area (Å²) >= 11 is 0. The first kappa shape index (κ1) is 16.4. The minimum absolute atomic E-state index is 0.184. The minimum atomic E-state index is 0.184. The molecule has 0 spiro atoms. The van der Waals surface area contributed by atoms with E-state index in [9.17, 15) is 0 Å². The molecule has 0 rings (SSSR count). The summed E-state index contributed by atoms with van der Waals surface area (Å²) in [6.45, 7) is 18.3. The topological polar surface area (TPSA) is 0 Å². The van der Waals surface area contributed by atoms with Crippen LogP contribution in [0.1, 0.15) is 34.6 Å². The van der Waals surface area contributed by atoms with Crippen molar-refractivity contribution in [3.8, 4) is 0 Å². The highest BCUT2D eigenvalue weighted by molar-refractivity contribution is 5.39. The van der Waals surface area contributed by atoms with Gasteiger partial charge in [-0.1, -0.05) is 82.0 Å². The summed E-state index contributed by atoms with van der Waals surface area (Å²) in [5.41, 5.74) is 3.80. The molecule has 0 saturated carbocycles. The molecule has 18 heavy (non-hydrogen) atoms. The van der Waals surface area contributed by atoms with E-state index in [1.165, 1.54) is 11.1 Å². The van der Waals surface area contributed by atoms with Gasteiger partial charge in [-0.15, -0.1) is 0 Å². The molecule has 0 aliphatic heterocycles. The Balaban J connectivity index is 5.01. The van der Waals surface area contributed by atoms with Gasteiger partial charge in [-0.25, -0.2) is 0 Å². The van der Waals surface area contributed by atoms with Gasteiger partial charge in [0.1, 0.15) is 0 Å². The Hall–Kier alpha value is -1.56. The molecule has 0 atom stereocenters. The lowest BCUT2D eigenvalue weighted by atomic mass is 9.86. The van der Waals surface area contributed by atoms with Crippen molar-refractivity contribution in [2.45, 2.75) is 34.6 Å². The summed E-state index contributed by atoms with van der Waals surface area (Å²) in [5, 5.41) is 0. The second-order valence-electron chi connectivity index (χ2n) is 5.32. The van der Waals surface area contributed by atoms with Gasteiger partial charge in [0.2, 0.25) is 0 Å². The normalized spacial score (nSPS) is 15.1. The van der Waals surface area contributed by atoms with Crippen molar-refractivity contribution in [1.82, 2.24) is 0 Å². The zero-order chi connectivity index (χ0) is 14.2. The molecule has 0 aromatic carbocycles. The predicted octanol–water partition coefficient (Wildman–Crippen LogP) is 5.78. The van der Waals surface area contributed by atoms with Gasteiger partial charge in [-0.05, 0) is 30.4 Å². The van der Waals surface area contributed by atoms with Crippen LogP contribution in [0.4, 0.5) is 0 Å². The van der Waals surface area contributed by atoms with Crippen LogP contribution in [0.3, 0.4) is 0 Å². The fourth-order valence-electron chi connectivity index (χ4n) is 1.62. The molecule has 0 amide bonds. The van der Waals surface area contributed by atoms with Crippen LogP contribution in [0, 0.1) is 5.41 Å². The van der Waals surface area contributed by atoms with E-state index >= 15 is 0 Å². The lowest BCUT2D eigenvalue weighted by Gasteiger charge is -2.19. The fraction of sp³-hybridized carbons (Fsp3) is 0.333. The van der Waals surface area contributed by atoms with E-state index in [1.54, 1.807) is 6.08 Å². The van der Waals surface area contributed by atoms with E-state index in [1.807, 2.05) is 12.2 Å². The second-order valence-corrected chi connectivity index (χ2v) is 5.32. The molecule has 0 bridgehead atoms. The first-order chi connectivity index (χ1) is 8.35. The van der Waals surface area contributed by atoms with Crippen LogP contribution in [-0.4, -0.2) is 0 Å². The van der Waals surface area contributed by atoms with Gasteiger partial charge in [-0.3, -0.25) is 0 Å². The van der Waals surface area contributed by atoms with Crippen LogP contribution in [-0.2, 0) is 0 Å². The summed E-state index contributed by atoms with van der Waals surface area (Å²) in [6.07, 6.45) is 14.1. The van der Waals surface area contributed by atoms with Crippen LogP contribution in [0.25, 0.3) is 0 Å². The molecule has 0 aliphatic carbocycles. The zero-order valence-electron chi connectivity index (χ0n) is 12.5. The van der Waals surface area contributed by atoms with Crippen molar-refractivity contribution in [3.63, 3.8) is 0 Å². The highest BCUT2D eigenvalue weighted by Crippen LogP contribution is 2.26. The Kier molecular flexibility index (Phi) is 7.04. The lowest BCUT2D eigenvalue weighted by molar-refractivity contribution is 0.516. The standard InChI is InChI=1S/C18H26/c1-8-11-16(9-2)14-15(4)12-13-17(10-3)18(5,6)7/h8-14H,1-2H2,3-7H3/b13-12-,15-14+,16-11+,17-10+. The number of hydrogen-bond donors (Lipinski definition) is 0. The molecule has 0 aliphatic rings. The first-order valence-corrected chi connectivity index (χ1v) is 6.33. The van der Waals surface area contributed by atoms with Gasteiger partial charge in [-0.2, -0.15) is 0 Å². The van der Waals surface area contributed by atoms with Gasteiger partial charge in [0.15, 0.2) is 0 Å². The summed E-state index contributed by atoms with van der Waals surface area (Å²) in [6, 6.07) is 0. The van der Waals surface area contributed by atoms with Crippen molar-refractivity contribution >= 4 is 0 Å². The third kappa shape index (κ3) is 6.24. The first-order valence-electron chi connectivity index (χ1n) is 6.33. The van der Waals surface area contributed by atoms with Crippen molar-refractivity contribution in [3.05, 3.63) is 72.4 Å². The average Bonchev–Trinajstić information content (AvgIpc) is 2.27. The van der Waals surface area contributed by atoms with E-state index in [0.29, 0.717) is 0 Å². The SMILES string of the molecule is C=C/C=C(C=C)/C=C(C)/C=C\C(=C/C)C(C)(C)C. The molecular formula is C18H26. The highest BCUT2D eigenvalue weighted by atomic mass is 14.2. The maximum absolute atomic E-state index is 3.79. The second kappa shape index (κ2) is 7.71. The molecule has 0 unspecified atom stereocenters. The van der Waals surface area contributed by atoms with E-state index in [0.717, 1.165) is 5.57 Å². The van der Waals surface area contributed by atoms with Crippen molar-refractivity contribution in [1.29, 1.82) is 0 Å². The van der Waals surface area contributed by atoms with Crippen molar-refractivity contribution in [2.24, 2.45) is 5.41 Å². The van der Waals surface area contributed by atoms with Crippen LogP contribution >= 0.6 is 0 Å². The molecule has 0 radical (unpaired) electrons. The maximum Gasteiger partial charge on any atom is -0.0135 e. The Labute approximate surface area is 113 Å². The van der Waals surface area contributed by atoms with Gasteiger partial charge in [0.25, 0.3) is 0 Å². The van der Waals surface area contributed by atoms with E-state index in [2.05, 4.69) is 72.1 Å². The van der Waals surface area contributed by atoms with Crippen LogP contribution < -0.4 is 0 Å². The molecule has 0 aromatic rings. The summed E-state index contributed by atoms with van der Waals surface area (Å²) in [5.74, 6) is 0. The van der Waals surface area contributed by atoms with Crippen LogP contribution in [0.2, 0.25) is 0 Å². The Morgan fingerprint density at radius 1 is 1.06 bits per heavy atom. The van der Waals surface area contributed by atoms with E-state index in [-0.39, 0.29) is 5.41 Å². The van der Waals surface area contributed by atoms with Gasteiger partial charge in [0.05, 0.1) is 0 Å². The van der Waals surface area contributed by atoms with Gasteiger partial charge < -0.3 is 0 Å².